The lowest BCUT2D eigenvalue weighted by molar-refractivity contribution is -0.192. The highest BCUT2D eigenvalue weighted by atomic mass is 32.2. The molecule has 0 spiro atoms. The molecule has 2 heterocycles. The number of nitrogens with two attached hydrogens (primary N) is 2. The maximum atomic E-state index is 13.2. The third-order valence-electron chi connectivity index (χ3n) is 6.75. The number of amides is 1. The van der Waals surface area contributed by atoms with Gasteiger partial charge in [0, 0.05) is 17.3 Å². The molecule has 0 radical (unpaired) electrons. The van der Waals surface area contributed by atoms with Gasteiger partial charge in [-0.1, -0.05) is 6.07 Å². The number of carboxylic acids is 1. The van der Waals surface area contributed by atoms with Crippen molar-refractivity contribution in [3.05, 3.63) is 41.9 Å². The normalized spacial score (nSPS) is 22.1. The number of carboxylic acid groups (broad SMARTS) is 1. The van der Waals surface area contributed by atoms with E-state index in [1.807, 2.05) is 0 Å². The molecule has 2 aromatic heterocycles. The molecule has 216 valence electrons. The molecule has 2 bridgehead atoms. The molecule has 0 unspecified atom stereocenters. The molecule has 3 aliphatic carbocycles. The highest BCUT2D eigenvalue weighted by molar-refractivity contribution is 7.89. The fraction of sp³-hybridized carbons (Fsp3) is 0.364. The SMILES string of the molecule is Cc1ccc(S(=O)(=O)NC23CC(C(N)=O)(C2)C3)cc1-c1cnc2c(N)nc(C(F)(F)F)cn12.O=C(O)C(F)(F)F. The van der Waals surface area contributed by atoms with Crippen LogP contribution in [0.2, 0.25) is 0 Å². The van der Waals surface area contributed by atoms with Crippen LogP contribution < -0.4 is 16.2 Å². The largest absolute Gasteiger partial charge is 0.490 e. The average molecular weight is 594 g/mol. The summed E-state index contributed by atoms with van der Waals surface area (Å²) in [6, 6.07) is 4.35. The van der Waals surface area contributed by atoms with E-state index < -0.39 is 56.7 Å². The van der Waals surface area contributed by atoms with Crippen LogP contribution in [0.4, 0.5) is 32.2 Å². The van der Waals surface area contributed by atoms with E-state index >= 15 is 0 Å². The monoisotopic (exact) mass is 594 g/mol. The predicted octanol–water partition coefficient (Wildman–Crippen LogP) is 2.63. The number of alkyl halides is 6. The van der Waals surface area contributed by atoms with Gasteiger partial charge in [0.1, 0.15) is 0 Å². The van der Waals surface area contributed by atoms with Crippen molar-refractivity contribution in [3.63, 3.8) is 0 Å². The fourth-order valence-electron chi connectivity index (χ4n) is 4.89. The molecule has 0 saturated heterocycles. The Morgan fingerprint density at radius 2 is 1.70 bits per heavy atom. The van der Waals surface area contributed by atoms with Crippen LogP contribution in [-0.4, -0.2) is 51.5 Å². The van der Waals surface area contributed by atoms with Gasteiger partial charge >= 0.3 is 18.3 Å². The summed E-state index contributed by atoms with van der Waals surface area (Å²) in [5.41, 5.74) is 9.80. The summed E-state index contributed by atoms with van der Waals surface area (Å²) in [4.78, 5) is 27.8. The highest BCUT2D eigenvalue weighted by Crippen LogP contribution is 2.67. The summed E-state index contributed by atoms with van der Waals surface area (Å²) in [5.74, 6) is -3.58. The molecule has 3 saturated carbocycles. The molecule has 18 heteroatoms. The highest BCUT2D eigenvalue weighted by Gasteiger charge is 2.72. The number of anilines is 1. The van der Waals surface area contributed by atoms with Gasteiger partial charge in [-0.3, -0.25) is 9.20 Å². The van der Waals surface area contributed by atoms with Crippen molar-refractivity contribution < 1.29 is 49.5 Å². The second-order valence-electron chi connectivity index (χ2n) is 9.69. The number of sulfonamides is 1. The van der Waals surface area contributed by atoms with Crippen LogP contribution in [0.3, 0.4) is 0 Å². The van der Waals surface area contributed by atoms with Crippen molar-refractivity contribution in [2.45, 2.75) is 49.0 Å². The first-order chi connectivity index (χ1) is 18.2. The number of rotatable bonds is 5. The third kappa shape index (κ3) is 5.03. The van der Waals surface area contributed by atoms with E-state index in [9.17, 15) is 39.6 Å². The van der Waals surface area contributed by atoms with Crippen molar-refractivity contribution in [2.75, 3.05) is 5.73 Å². The number of carbonyl (C=O) groups is 2. The summed E-state index contributed by atoms with van der Waals surface area (Å²) in [6.45, 7) is 1.70. The fourth-order valence-corrected chi connectivity index (χ4v) is 6.32. The van der Waals surface area contributed by atoms with Crippen LogP contribution in [-0.2, 0) is 25.8 Å². The zero-order valence-corrected chi connectivity index (χ0v) is 21.1. The van der Waals surface area contributed by atoms with E-state index in [-0.39, 0.29) is 16.2 Å². The lowest BCUT2D eigenvalue weighted by atomic mass is 9.39. The molecule has 40 heavy (non-hydrogen) atoms. The molecular weight excluding hydrogens is 574 g/mol. The Labute approximate surface area is 221 Å². The van der Waals surface area contributed by atoms with Crippen LogP contribution in [0.15, 0.2) is 35.5 Å². The number of fused-ring (bicyclic) bond motifs is 1. The zero-order chi connectivity index (χ0) is 30.1. The second kappa shape index (κ2) is 9.05. The van der Waals surface area contributed by atoms with Crippen molar-refractivity contribution in [3.8, 4) is 11.3 Å². The molecule has 6 rings (SSSR count). The number of nitrogen functional groups attached to an aromatic ring is 1. The maximum Gasteiger partial charge on any atom is 0.490 e. The molecule has 0 aliphatic heterocycles. The van der Waals surface area contributed by atoms with Gasteiger partial charge < -0.3 is 16.6 Å². The molecule has 3 fully saturated rings. The Morgan fingerprint density at radius 3 is 2.20 bits per heavy atom. The minimum atomic E-state index is -5.08. The number of halogens is 6. The van der Waals surface area contributed by atoms with Gasteiger partial charge in [0.25, 0.3) is 0 Å². The van der Waals surface area contributed by atoms with Gasteiger partial charge in [0.2, 0.25) is 15.9 Å². The number of carbonyl (C=O) groups excluding carboxylic acids is 1. The van der Waals surface area contributed by atoms with Gasteiger partial charge in [0.15, 0.2) is 17.2 Å². The van der Waals surface area contributed by atoms with Crippen LogP contribution in [0, 0.1) is 12.3 Å². The van der Waals surface area contributed by atoms with E-state index in [4.69, 9.17) is 21.4 Å². The summed E-state index contributed by atoms with van der Waals surface area (Å²) >= 11 is 0. The van der Waals surface area contributed by atoms with Gasteiger partial charge in [-0.15, -0.1) is 0 Å². The predicted molar refractivity (Wildman–Crippen MR) is 125 cm³/mol. The number of aliphatic carboxylic acids is 1. The molecular formula is C22H20F6N6O5S. The average Bonchev–Trinajstić information content (AvgIpc) is 3.19. The van der Waals surface area contributed by atoms with Gasteiger partial charge in [-0.05, 0) is 43.9 Å². The minimum Gasteiger partial charge on any atom is -0.475 e. The Hall–Kier alpha value is -3.93. The Morgan fingerprint density at radius 1 is 1.12 bits per heavy atom. The van der Waals surface area contributed by atoms with Crippen LogP contribution in [0.25, 0.3) is 16.9 Å². The molecule has 3 aromatic rings. The number of hydrogen-bond acceptors (Lipinski definition) is 7. The van der Waals surface area contributed by atoms with Crippen LogP contribution in [0.5, 0.6) is 0 Å². The number of imidazole rings is 1. The molecule has 1 aromatic carbocycles. The Balaban J connectivity index is 0.000000470. The van der Waals surface area contributed by atoms with E-state index in [0.29, 0.717) is 30.4 Å². The lowest BCUT2D eigenvalue weighted by Gasteiger charge is -2.68. The topological polar surface area (TPSA) is 183 Å². The molecule has 3 aliphatic rings. The third-order valence-corrected chi connectivity index (χ3v) is 8.33. The minimum absolute atomic E-state index is 0.0226. The summed E-state index contributed by atoms with van der Waals surface area (Å²) in [5, 5.41) is 7.12. The summed E-state index contributed by atoms with van der Waals surface area (Å²) in [7, 11) is -3.97. The second-order valence-corrected chi connectivity index (χ2v) is 11.4. The Bertz CT molecular complexity index is 1630. The van der Waals surface area contributed by atoms with Crippen molar-refractivity contribution >= 4 is 33.4 Å². The number of primary amides is 1. The smallest absolute Gasteiger partial charge is 0.475 e. The first kappa shape index (κ1) is 29.1. The van der Waals surface area contributed by atoms with Gasteiger partial charge in [-0.25, -0.2) is 27.9 Å². The van der Waals surface area contributed by atoms with Gasteiger partial charge in [0.05, 0.1) is 22.2 Å². The van der Waals surface area contributed by atoms with E-state index in [0.717, 1.165) is 10.6 Å². The van der Waals surface area contributed by atoms with E-state index in [2.05, 4.69) is 14.7 Å². The number of aryl methyl sites for hydroxylation is 1. The Kier molecular flexibility index (Phi) is 6.57. The van der Waals surface area contributed by atoms with Crippen molar-refractivity contribution in [1.82, 2.24) is 19.1 Å². The first-order valence-corrected chi connectivity index (χ1v) is 12.6. The van der Waals surface area contributed by atoms with Crippen LogP contribution >= 0.6 is 0 Å². The molecule has 1 amide bonds. The summed E-state index contributed by atoms with van der Waals surface area (Å²) < 4.78 is 101. The zero-order valence-electron chi connectivity index (χ0n) is 20.3. The van der Waals surface area contributed by atoms with E-state index in [1.165, 1.54) is 18.3 Å². The number of nitrogens with one attached hydrogen (secondary N) is 1. The van der Waals surface area contributed by atoms with Gasteiger partial charge in [-0.2, -0.15) is 26.3 Å². The maximum absolute atomic E-state index is 13.2. The van der Waals surface area contributed by atoms with Crippen molar-refractivity contribution in [2.24, 2.45) is 11.1 Å². The standard InChI is InChI=1S/C20H19F3N6O3S.C2HF3O2/c1-10-2-3-11(33(31,32)28-19-7-18(8-19,9-19)17(25)30)4-12(10)13-5-26-16-15(24)27-14(6-29(13)16)20(21,22)23;3-2(4,5)1(6)7/h2-6,28H,7-9H2,1H3,(H2,24,27)(H2,25,30);(H,6,7). The molecule has 11 nitrogen and oxygen atoms in total. The van der Waals surface area contributed by atoms with E-state index in [1.54, 1.807) is 13.0 Å². The molecule has 6 N–H and O–H groups in total. The lowest BCUT2D eigenvalue weighted by Crippen LogP contribution is -2.77. The van der Waals surface area contributed by atoms with Crippen LogP contribution in [0.1, 0.15) is 30.5 Å². The molecule has 0 atom stereocenters. The summed E-state index contributed by atoms with van der Waals surface area (Å²) in [6.07, 6.45) is -6.65. The quantitative estimate of drug-likeness (QED) is 0.325. The number of aromatic nitrogens is 3. The number of hydrogen-bond donors (Lipinski definition) is 4. The van der Waals surface area contributed by atoms with Crippen molar-refractivity contribution in [1.29, 1.82) is 0 Å². The number of nitrogens with zero attached hydrogens (tertiary/aromatic N) is 3. The number of benzene rings is 1. The first-order valence-electron chi connectivity index (χ1n) is 11.2.